The van der Waals surface area contributed by atoms with Crippen molar-refractivity contribution in [2.24, 2.45) is 5.92 Å². The Bertz CT molecular complexity index is 853. The highest BCUT2D eigenvalue weighted by Crippen LogP contribution is 2.40. The van der Waals surface area contributed by atoms with E-state index < -0.39 is 16.1 Å². The number of nitrogen functional groups attached to an aromatic ring is 1. The Labute approximate surface area is 187 Å². The van der Waals surface area contributed by atoms with Crippen molar-refractivity contribution < 1.29 is 9.66 Å². The summed E-state index contributed by atoms with van der Waals surface area (Å²) < 4.78 is 15.6. The number of benzene rings is 1. The quantitative estimate of drug-likeness (QED) is 0.554. The van der Waals surface area contributed by atoms with Gasteiger partial charge in [0, 0.05) is 36.1 Å². The average molecular weight is 478 g/mol. The molecule has 0 spiro atoms. The molecular weight excluding hydrogens is 453 g/mol. The molecule has 2 aromatic rings. The lowest BCUT2D eigenvalue weighted by molar-refractivity contribution is 0.317. The summed E-state index contributed by atoms with van der Waals surface area (Å²) in [5, 5.41) is 20.4. The summed E-state index contributed by atoms with van der Waals surface area (Å²) >= 11 is 12.3. The first-order chi connectivity index (χ1) is 13.6. The van der Waals surface area contributed by atoms with Crippen molar-refractivity contribution in [2.75, 3.05) is 23.7 Å². The molecule has 1 unspecified atom stereocenters. The number of aromatic hydroxyl groups is 1. The zero-order valence-corrected chi connectivity index (χ0v) is 19.6. The highest BCUT2D eigenvalue weighted by molar-refractivity contribution is 7.90. The number of hydrogen-bond acceptors (Lipinski definition) is 8. The number of piperidine rings is 1. The number of nitrogens with zero attached hydrogens (tertiary/aromatic N) is 3. The second kappa shape index (κ2) is 9.03. The molecule has 0 saturated carbocycles. The van der Waals surface area contributed by atoms with Crippen molar-refractivity contribution in [2.45, 2.75) is 44.4 Å². The van der Waals surface area contributed by atoms with Gasteiger partial charge in [0.2, 0.25) is 10.3 Å². The molecule has 4 N–H and O–H groups in total. The predicted octanol–water partition coefficient (Wildman–Crippen LogP) is 4.14. The third-order valence-electron chi connectivity index (χ3n) is 4.91. The normalized spacial score (nSPS) is 18.1. The van der Waals surface area contributed by atoms with E-state index >= 15 is 0 Å². The van der Waals surface area contributed by atoms with E-state index in [9.17, 15) is 9.66 Å². The smallest absolute Gasteiger partial charge is 0.209 e. The van der Waals surface area contributed by atoms with E-state index in [1.807, 2.05) is 20.8 Å². The molecule has 0 amide bonds. The number of rotatable bonds is 5. The molecule has 1 aliphatic heterocycles. The number of anilines is 2. The van der Waals surface area contributed by atoms with E-state index in [1.165, 1.54) is 17.4 Å². The summed E-state index contributed by atoms with van der Waals surface area (Å²) in [5.74, 6) is 0.188. The molecule has 11 heteroatoms. The molecule has 2 atom stereocenters. The topological polar surface area (TPSA) is 110 Å². The number of hydrogen-bond donors (Lipinski definition) is 3. The average Bonchev–Trinajstić information content (AvgIpc) is 3.08. The van der Waals surface area contributed by atoms with Crippen LogP contribution in [0.25, 0.3) is 0 Å². The first-order valence-electron chi connectivity index (χ1n) is 9.26. The van der Waals surface area contributed by atoms with Gasteiger partial charge in [0.25, 0.3) is 0 Å². The van der Waals surface area contributed by atoms with Gasteiger partial charge in [-0.2, -0.15) is 0 Å². The van der Waals surface area contributed by atoms with Gasteiger partial charge in [-0.3, -0.25) is 0 Å². The summed E-state index contributed by atoms with van der Waals surface area (Å²) in [6.07, 6.45) is 1.64. The third-order valence-corrected chi connectivity index (χ3v) is 8.02. The van der Waals surface area contributed by atoms with Gasteiger partial charge < -0.3 is 20.3 Å². The van der Waals surface area contributed by atoms with E-state index in [4.69, 9.17) is 28.9 Å². The molecule has 0 aliphatic carbocycles. The fourth-order valence-corrected chi connectivity index (χ4v) is 5.18. The molecule has 160 valence electrons. The molecule has 2 heterocycles. The fraction of sp³-hybridized carbons (Fsp3) is 0.556. The minimum atomic E-state index is -1.32. The van der Waals surface area contributed by atoms with Crippen LogP contribution in [-0.2, 0) is 11.4 Å². The Kier molecular flexibility index (Phi) is 7.07. The number of phenolic OH excluding ortho intramolecular Hbond substituents is 1. The van der Waals surface area contributed by atoms with E-state index in [0.29, 0.717) is 15.7 Å². The summed E-state index contributed by atoms with van der Waals surface area (Å²) in [5.41, 5.74) is 6.31. The van der Waals surface area contributed by atoms with Crippen molar-refractivity contribution in [1.29, 1.82) is 0 Å². The highest BCUT2D eigenvalue weighted by atomic mass is 35.5. The SMILES string of the molecule is CC(C)(C)[S@+]([O-])NC(c1cc(Cl)c(Cl)cc1O)C1CCN(c2nnc(N)s2)CC1. The van der Waals surface area contributed by atoms with Crippen LogP contribution in [0.5, 0.6) is 5.75 Å². The first kappa shape index (κ1) is 22.7. The van der Waals surface area contributed by atoms with Crippen LogP contribution in [0, 0.1) is 5.92 Å². The van der Waals surface area contributed by atoms with Gasteiger partial charge in [-0.25, -0.2) is 0 Å². The van der Waals surface area contributed by atoms with Crippen LogP contribution >= 0.6 is 34.5 Å². The van der Waals surface area contributed by atoms with E-state index in [2.05, 4.69) is 19.8 Å². The number of aromatic nitrogens is 2. The molecule has 7 nitrogen and oxygen atoms in total. The number of halogens is 2. The van der Waals surface area contributed by atoms with Crippen LogP contribution in [0.1, 0.15) is 45.2 Å². The van der Waals surface area contributed by atoms with E-state index in [-0.39, 0.29) is 22.7 Å². The van der Waals surface area contributed by atoms with Gasteiger partial charge >= 0.3 is 0 Å². The standard InChI is InChI=1S/C18H25Cl2N5O2S2/c1-18(2,3)29(27)24-15(11-8-12(19)13(20)9-14(11)26)10-4-6-25(7-5-10)17-23-22-16(21)28-17/h8-10,15,24,26H,4-7H2,1-3H3,(H2,21,22)/t15?,29-/m0/s1. The number of nitrogens with two attached hydrogens (primary N) is 1. The van der Waals surface area contributed by atoms with Gasteiger partial charge in [0.15, 0.2) is 0 Å². The van der Waals surface area contributed by atoms with Crippen molar-refractivity contribution in [1.82, 2.24) is 14.9 Å². The fourth-order valence-electron chi connectivity index (χ4n) is 3.28. The molecule has 0 radical (unpaired) electrons. The Morgan fingerprint density at radius 2 is 1.90 bits per heavy atom. The lowest BCUT2D eigenvalue weighted by Gasteiger charge is -2.37. The van der Waals surface area contributed by atoms with Crippen molar-refractivity contribution >= 4 is 56.2 Å². The molecule has 1 fully saturated rings. The van der Waals surface area contributed by atoms with Crippen LogP contribution in [0.3, 0.4) is 0 Å². The lowest BCUT2D eigenvalue weighted by atomic mass is 9.85. The van der Waals surface area contributed by atoms with Crippen LogP contribution in [0.15, 0.2) is 12.1 Å². The van der Waals surface area contributed by atoms with Crippen molar-refractivity contribution in [3.8, 4) is 5.75 Å². The van der Waals surface area contributed by atoms with Crippen molar-refractivity contribution in [3.63, 3.8) is 0 Å². The van der Waals surface area contributed by atoms with Crippen molar-refractivity contribution in [3.05, 3.63) is 27.7 Å². The largest absolute Gasteiger partial charge is 0.598 e. The molecular formula is C18H25Cl2N5O2S2. The summed E-state index contributed by atoms with van der Waals surface area (Å²) in [7, 11) is 0. The third kappa shape index (κ3) is 5.39. The van der Waals surface area contributed by atoms with Crippen LogP contribution < -0.4 is 15.4 Å². The number of nitrogens with one attached hydrogen (secondary N) is 1. The Hall–Kier alpha value is -0.970. The lowest BCUT2D eigenvalue weighted by Crippen LogP contribution is -2.45. The van der Waals surface area contributed by atoms with Crippen LogP contribution in [0.2, 0.25) is 10.0 Å². The first-order valence-corrected chi connectivity index (χ1v) is 12.0. The summed E-state index contributed by atoms with van der Waals surface area (Å²) in [4.78, 5) is 2.15. The van der Waals surface area contributed by atoms with Crippen LogP contribution in [0.4, 0.5) is 10.3 Å². The minimum absolute atomic E-state index is 0.0436. The molecule has 3 rings (SSSR count). The van der Waals surface area contributed by atoms with Crippen LogP contribution in [-0.4, -0.2) is 37.7 Å². The zero-order valence-electron chi connectivity index (χ0n) is 16.5. The van der Waals surface area contributed by atoms with Gasteiger partial charge in [-0.1, -0.05) is 34.5 Å². The zero-order chi connectivity index (χ0) is 21.3. The second-order valence-electron chi connectivity index (χ2n) is 8.05. The summed E-state index contributed by atoms with van der Waals surface area (Å²) in [6.45, 7) is 7.25. The molecule has 1 aliphatic rings. The Balaban J connectivity index is 1.83. The molecule has 0 bridgehead atoms. The molecule has 1 saturated heterocycles. The van der Waals surface area contributed by atoms with Gasteiger partial charge in [0.05, 0.1) is 16.1 Å². The maximum atomic E-state index is 12.9. The maximum Gasteiger partial charge on any atom is 0.209 e. The molecule has 1 aromatic heterocycles. The van der Waals surface area contributed by atoms with Gasteiger partial charge in [-0.05, 0) is 45.6 Å². The van der Waals surface area contributed by atoms with Gasteiger partial charge in [-0.15, -0.1) is 14.9 Å². The minimum Gasteiger partial charge on any atom is -0.598 e. The second-order valence-corrected chi connectivity index (χ2v) is 11.8. The monoisotopic (exact) mass is 477 g/mol. The highest BCUT2D eigenvalue weighted by Gasteiger charge is 2.37. The molecule has 29 heavy (non-hydrogen) atoms. The van der Waals surface area contributed by atoms with E-state index in [0.717, 1.165) is 31.1 Å². The van der Waals surface area contributed by atoms with Gasteiger partial charge in [0.1, 0.15) is 10.5 Å². The Morgan fingerprint density at radius 3 is 2.45 bits per heavy atom. The summed E-state index contributed by atoms with van der Waals surface area (Å²) in [6, 6.07) is 2.77. The molecule has 1 aromatic carbocycles. The predicted molar refractivity (Wildman–Crippen MR) is 121 cm³/mol. The number of phenols is 1. The van der Waals surface area contributed by atoms with E-state index in [1.54, 1.807) is 6.07 Å². The Morgan fingerprint density at radius 1 is 1.28 bits per heavy atom. The maximum absolute atomic E-state index is 12.9.